The first kappa shape index (κ1) is 10.3. The highest BCUT2D eigenvalue weighted by Gasteiger charge is 2.10. The van der Waals surface area contributed by atoms with Crippen molar-refractivity contribution in [3.8, 4) is 0 Å². The SMILES string of the molecule is C=CCCC(NCC)c1cnns1. The molecule has 0 spiro atoms. The van der Waals surface area contributed by atoms with Crippen molar-refractivity contribution in [1.29, 1.82) is 0 Å². The average Bonchev–Trinajstić information content (AvgIpc) is 2.65. The van der Waals surface area contributed by atoms with Crippen LogP contribution >= 0.6 is 11.5 Å². The van der Waals surface area contributed by atoms with Gasteiger partial charge in [-0.15, -0.1) is 11.7 Å². The highest BCUT2D eigenvalue weighted by atomic mass is 32.1. The van der Waals surface area contributed by atoms with Crippen LogP contribution in [-0.2, 0) is 0 Å². The summed E-state index contributed by atoms with van der Waals surface area (Å²) in [5, 5.41) is 7.24. The summed E-state index contributed by atoms with van der Waals surface area (Å²) in [6.07, 6.45) is 5.87. The Morgan fingerprint density at radius 3 is 3.15 bits per heavy atom. The lowest BCUT2D eigenvalue weighted by Crippen LogP contribution is -2.19. The van der Waals surface area contributed by atoms with Crippen molar-refractivity contribution in [2.45, 2.75) is 25.8 Å². The number of nitrogens with one attached hydrogen (secondary N) is 1. The Balaban J connectivity index is 2.51. The van der Waals surface area contributed by atoms with Gasteiger partial charge in [0.05, 0.1) is 11.1 Å². The summed E-state index contributed by atoms with van der Waals surface area (Å²) in [6.45, 7) is 6.80. The Bertz CT molecular complexity index is 233. The van der Waals surface area contributed by atoms with Crippen LogP contribution in [0.2, 0.25) is 0 Å². The molecule has 0 bridgehead atoms. The zero-order valence-corrected chi connectivity index (χ0v) is 8.68. The van der Waals surface area contributed by atoms with E-state index in [4.69, 9.17) is 0 Å². The van der Waals surface area contributed by atoms with E-state index >= 15 is 0 Å². The number of rotatable bonds is 6. The molecule has 0 aliphatic carbocycles. The van der Waals surface area contributed by atoms with Crippen LogP contribution in [0, 0.1) is 0 Å². The van der Waals surface area contributed by atoms with E-state index in [1.807, 2.05) is 12.3 Å². The van der Waals surface area contributed by atoms with Crippen LogP contribution in [0.5, 0.6) is 0 Å². The Labute approximate surface area is 83.0 Å². The Morgan fingerprint density at radius 2 is 2.62 bits per heavy atom. The molecule has 1 aromatic heterocycles. The van der Waals surface area contributed by atoms with Crippen LogP contribution in [0.25, 0.3) is 0 Å². The molecule has 1 N–H and O–H groups in total. The lowest BCUT2D eigenvalue weighted by Gasteiger charge is -2.13. The minimum Gasteiger partial charge on any atom is -0.309 e. The lowest BCUT2D eigenvalue weighted by atomic mass is 10.1. The molecule has 0 fully saturated rings. The van der Waals surface area contributed by atoms with Gasteiger partial charge in [-0.05, 0) is 30.9 Å². The molecule has 1 atom stereocenters. The molecule has 13 heavy (non-hydrogen) atoms. The fourth-order valence-corrected chi connectivity index (χ4v) is 1.82. The summed E-state index contributed by atoms with van der Waals surface area (Å²) in [5.41, 5.74) is 0. The van der Waals surface area contributed by atoms with E-state index in [1.54, 1.807) is 0 Å². The monoisotopic (exact) mass is 197 g/mol. The molecule has 0 aliphatic heterocycles. The van der Waals surface area contributed by atoms with Crippen molar-refractivity contribution < 1.29 is 0 Å². The smallest absolute Gasteiger partial charge is 0.0669 e. The third kappa shape index (κ3) is 3.24. The van der Waals surface area contributed by atoms with E-state index in [0.717, 1.165) is 19.4 Å². The fraction of sp³-hybridized carbons (Fsp3) is 0.556. The van der Waals surface area contributed by atoms with Crippen molar-refractivity contribution in [3.05, 3.63) is 23.7 Å². The third-order valence-electron chi connectivity index (χ3n) is 1.83. The van der Waals surface area contributed by atoms with Crippen molar-refractivity contribution in [2.24, 2.45) is 0 Å². The molecule has 1 heterocycles. The van der Waals surface area contributed by atoms with E-state index < -0.39 is 0 Å². The largest absolute Gasteiger partial charge is 0.309 e. The molecule has 0 aliphatic rings. The highest BCUT2D eigenvalue weighted by molar-refractivity contribution is 7.05. The average molecular weight is 197 g/mol. The van der Waals surface area contributed by atoms with Crippen molar-refractivity contribution >= 4 is 11.5 Å². The quantitative estimate of drug-likeness (QED) is 0.710. The van der Waals surface area contributed by atoms with Crippen LogP contribution in [0.1, 0.15) is 30.7 Å². The summed E-state index contributed by atoms with van der Waals surface area (Å²) in [4.78, 5) is 1.21. The van der Waals surface area contributed by atoms with E-state index in [-0.39, 0.29) is 0 Å². The minimum atomic E-state index is 0.392. The van der Waals surface area contributed by atoms with Gasteiger partial charge in [0, 0.05) is 6.04 Å². The molecule has 1 rings (SSSR count). The second-order valence-corrected chi connectivity index (χ2v) is 3.61. The molecule has 0 amide bonds. The number of aromatic nitrogens is 2. The summed E-state index contributed by atoms with van der Waals surface area (Å²) >= 11 is 1.46. The van der Waals surface area contributed by atoms with Gasteiger partial charge in [0.1, 0.15) is 0 Å². The van der Waals surface area contributed by atoms with Gasteiger partial charge in [-0.3, -0.25) is 0 Å². The van der Waals surface area contributed by atoms with Gasteiger partial charge in [-0.2, -0.15) is 0 Å². The lowest BCUT2D eigenvalue weighted by molar-refractivity contribution is 0.526. The molecule has 4 heteroatoms. The second-order valence-electron chi connectivity index (χ2n) is 2.80. The third-order valence-corrected chi connectivity index (χ3v) is 2.61. The molecule has 0 radical (unpaired) electrons. The molecule has 0 saturated carbocycles. The van der Waals surface area contributed by atoms with Crippen molar-refractivity contribution in [2.75, 3.05) is 6.54 Å². The topological polar surface area (TPSA) is 37.8 Å². The van der Waals surface area contributed by atoms with Gasteiger partial charge in [-0.25, -0.2) is 0 Å². The molecular formula is C9H15N3S. The van der Waals surface area contributed by atoms with Crippen molar-refractivity contribution in [1.82, 2.24) is 14.9 Å². The predicted molar refractivity (Wildman–Crippen MR) is 55.8 cm³/mol. The van der Waals surface area contributed by atoms with Crippen molar-refractivity contribution in [3.63, 3.8) is 0 Å². The van der Waals surface area contributed by atoms with Crippen LogP contribution < -0.4 is 5.32 Å². The molecule has 1 aromatic rings. The summed E-state index contributed by atoms with van der Waals surface area (Å²) in [5.74, 6) is 0. The first-order valence-corrected chi connectivity index (χ1v) is 5.27. The van der Waals surface area contributed by atoms with E-state index in [9.17, 15) is 0 Å². The number of nitrogens with zero attached hydrogens (tertiary/aromatic N) is 2. The van der Waals surface area contributed by atoms with Gasteiger partial charge in [0.2, 0.25) is 0 Å². The summed E-state index contributed by atoms with van der Waals surface area (Å²) in [6, 6.07) is 0.392. The molecule has 0 saturated heterocycles. The van der Waals surface area contributed by atoms with Gasteiger partial charge < -0.3 is 5.32 Å². The maximum Gasteiger partial charge on any atom is 0.0669 e. The Kier molecular flexibility index (Phi) is 4.64. The normalized spacial score (nSPS) is 12.7. The standard InChI is InChI=1S/C9H15N3S/c1-3-5-6-8(10-4-2)9-7-11-12-13-9/h3,7-8,10H,1,4-6H2,2H3. The van der Waals surface area contributed by atoms with Gasteiger partial charge >= 0.3 is 0 Å². The van der Waals surface area contributed by atoms with Crippen LogP contribution in [-0.4, -0.2) is 16.1 Å². The molecule has 3 nitrogen and oxygen atoms in total. The van der Waals surface area contributed by atoms with Gasteiger partial charge in [0.15, 0.2) is 0 Å². The zero-order chi connectivity index (χ0) is 9.52. The maximum atomic E-state index is 3.86. The summed E-state index contributed by atoms with van der Waals surface area (Å²) < 4.78 is 3.86. The number of allylic oxidation sites excluding steroid dienone is 1. The fourth-order valence-electron chi connectivity index (χ4n) is 1.20. The van der Waals surface area contributed by atoms with Gasteiger partial charge in [0.25, 0.3) is 0 Å². The maximum absolute atomic E-state index is 3.86. The van der Waals surface area contributed by atoms with E-state index in [2.05, 4.69) is 28.4 Å². The van der Waals surface area contributed by atoms with E-state index in [0.29, 0.717) is 6.04 Å². The second kappa shape index (κ2) is 5.83. The molecule has 0 aromatic carbocycles. The first-order chi connectivity index (χ1) is 6.38. The predicted octanol–water partition coefficient (Wildman–Crippen LogP) is 2.15. The summed E-state index contributed by atoms with van der Waals surface area (Å²) in [7, 11) is 0. The van der Waals surface area contributed by atoms with Crippen LogP contribution in [0.15, 0.2) is 18.9 Å². The Hall–Kier alpha value is -0.740. The highest BCUT2D eigenvalue weighted by Crippen LogP contribution is 2.20. The molecular weight excluding hydrogens is 182 g/mol. The number of hydrogen-bond donors (Lipinski definition) is 1. The minimum absolute atomic E-state index is 0.392. The molecule has 72 valence electrons. The number of hydrogen-bond acceptors (Lipinski definition) is 4. The van der Waals surface area contributed by atoms with Gasteiger partial charge in [-0.1, -0.05) is 17.5 Å². The van der Waals surface area contributed by atoms with E-state index in [1.165, 1.54) is 16.4 Å². The van der Waals surface area contributed by atoms with Crippen LogP contribution in [0.4, 0.5) is 0 Å². The Morgan fingerprint density at radius 1 is 1.77 bits per heavy atom. The molecule has 1 unspecified atom stereocenters. The van der Waals surface area contributed by atoms with Crippen LogP contribution in [0.3, 0.4) is 0 Å². The zero-order valence-electron chi connectivity index (χ0n) is 7.86. The first-order valence-electron chi connectivity index (χ1n) is 4.50.